The number of carbonyl (C=O) groups is 2. The Balaban J connectivity index is 1.61. The van der Waals surface area contributed by atoms with E-state index in [-0.39, 0.29) is 11.7 Å². The normalized spacial score (nSPS) is 15.6. The van der Waals surface area contributed by atoms with Crippen LogP contribution in [0, 0.1) is 5.92 Å². The molecule has 1 saturated carbocycles. The third-order valence-electron chi connectivity index (χ3n) is 3.78. The van der Waals surface area contributed by atoms with Gasteiger partial charge in [-0.05, 0) is 18.8 Å². The molecule has 0 saturated heterocycles. The second-order valence-corrected chi connectivity index (χ2v) is 5.44. The molecule has 0 atom stereocenters. The van der Waals surface area contributed by atoms with Crippen LogP contribution in [0.15, 0.2) is 12.5 Å². The van der Waals surface area contributed by atoms with E-state index in [0.717, 1.165) is 6.54 Å². The van der Waals surface area contributed by atoms with E-state index in [0.29, 0.717) is 19.0 Å². The van der Waals surface area contributed by atoms with Crippen molar-refractivity contribution in [1.29, 1.82) is 0 Å². The summed E-state index contributed by atoms with van der Waals surface area (Å²) in [6.07, 6.45) is 9.14. The Bertz CT molecular complexity index is 480. The van der Waals surface area contributed by atoms with Crippen molar-refractivity contribution in [3.63, 3.8) is 0 Å². The van der Waals surface area contributed by atoms with Crippen LogP contribution in [-0.2, 0) is 6.54 Å². The Hall–Kier alpha value is -2.05. The van der Waals surface area contributed by atoms with Gasteiger partial charge in [0, 0.05) is 25.8 Å². The Kier molecular flexibility index (Phi) is 5.59. The highest BCUT2D eigenvalue weighted by Crippen LogP contribution is 2.22. The maximum absolute atomic E-state index is 11.6. The minimum absolute atomic E-state index is 0.0109. The Morgan fingerprint density at radius 3 is 2.71 bits per heavy atom. The molecule has 1 aromatic rings. The molecule has 7 nitrogen and oxygen atoms in total. The summed E-state index contributed by atoms with van der Waals surface area (Å²) in [4.78, 5) is 26.1. The zero-order valence-electron chi connectivity index (χ0n) is 12.0. The lowest BCUT2D eigenvalue weighted by Crippen LogP contribution is -2.39. The lowest BCUT2D eigenvalue weighted by Gasteiger charge is -2.21. The Labute approximate surface area is 123 Å². The number of carboxylic acids is 1. The molecule has 0 aromatic carbocycles. The maximum Gasteiger partial charge on any atom is 0.356 e. The van der Waals surface area contributed by atoms with Crippen molar-refractivity contribution in [2.24, 2.45) is 5.92 Å². The van der Waals surface area contributed by atoms with E-state index < -0.39 is 5.97 Å². The lowest BCUT2D eigenvalue weighted by molar-refractivity contribution is 0.0691. The van der Waals surface area contributed by atoms with Gasteiger partial charge < -0.3 is 20.3 Å². The molecule has 2 amide bonds. The molecule has 3 N–H and O–H groups in total. The summed E-state index contributed by atoms with van der Waals surface area (Å²) < 4.78 is 1.64. The fourth-order valence-electron chi connectivity index (χ4n) is 2.58. The van der Waals surface area contributed by atoms with E-state index in [1.807, 2.05) is 0 Å². The van der Waals surface area contributed by atoms with Crippen molar-refractivity contribution in [2.75, 3.05) is 13.1 Å². The largest absolute Gasteiger partial charge is 0.476 e. The molecule has 116 valence electrons. The number of nitrogens with one attached hydrogen (secondary N) is 2. The standard InChI is InChI=1S/C14H22N4O3/c19-13(20)12-9-18(10-17-12)7-6-15-14(21)16-8-11-4-2-1-3-5-11/h9-11H,1-8H2,(H,19,20)(H2,15,16,21). The molecule has 2 rings (SSSR count). The molecule has 1 aliphatic rings. The summed E-state index contributed by atoms with van der Waals surface area (Å²) in [6.45, 7) is 1.67. The lowest BCUT2D eigenvalue weighted by atomic mass is 9.89. The van der Waals surface area contributed by atoms with Crippen molar-refractivity contribution in [3.05, 3.63) is 18.2 Å². The molecular weight excluding hydrogens is 272 g/mol. The molecule has 1 aromatic heterocycles. The number of aromatic nitrogens is 2. The molecule has 0 spiro atoms. The van der Waals surface area contributed by atoms with Crippen molar-refractivity contribution in [3.8, 4) is 0 Å². The molecule has 1 fully saturated rings. The second-order valence-electron chi connectivity index (χ2n) is 5.44. The van der Waals surface area contributed by atoms with Crippen LogP contribution in [0.1, 0.15) is 42.6 Å². The van der Waals surface area contributed by atoms with Crippen LogP contribution in [0.25, 0.3) is 0 Å². The summed E-state index contributed by atoms with van der Waals surface area (Å²) in [5.41, 5.74) is 0.0109. The number of aromatic carboxylic acids is 1. The van der Waals surface area contributed by atoms with Gasteiger partial charge in [-0.2, -0.15) is 0 Å². The van der Waals surface area contributed by atoms with Crippen molar-refractivity contribution in [1.82, 2.24) is 20.2 Å². The molecular formula is C14H22N4O3. The van der Waals surface area contributed by atoms with Crippen LogP contribution < -0.4 is 10.6 Å². The minimum Gasteiger partial charge on any atom is -0.476 e. The quantitative estimate of drug-likeness (QED) is 0.740. The summed E-state index contributed by atoms with van der Waals surface area (Å²) in [5, 5.41) is 14.4. The van der Waals surface area contributed by atoms with Gasteiger partial charge >= 0.3 is 12.0 Å². The van der Waals surface area contributed by atoms with Crippen LogP contribution in [0.2, 0.25) is 0 Å². The predicted molar refractivity (Wildman–Crippen MR) is 77.2 cm³/mol. The molecule has 0 radical (unpaired) electrons. The minimum atomic E-state index is -1.05. The van der Waals surface area contributed by atoms with Crippen molar-refractivity contribution < 1.29 is 14.7 Å². The smallest absolute Gasteiger partial charge is 0.356 e. The first-order chi connectivity index (χ1) is 10.1. The van der Waals surface area contributed by atoms with Gasteiger partial charge in [0.2, 0.25) is 0 Å². The summed E-state index contributed by atoms with van der Waals surface area (Å²) in [6, 6.07) is -0.167. The first-order valence-corrected chi connectivity index (χ1v) is 7.42. The monoisotopic (exact) mass is 294 g/mol. The molecule has 21 heavy (non-hydrogen) atoms. The molecule has 1 aliphatic carbocycles. The summed E-state index contributed by atoms with van der Waals surface area (Å²) in [7, 11) is 0. The van der Waals surface area contributed by atoms with Gasteiger partial charge in [0.25, 0.3) is 0 Å². The van der Waals surface area contributed by atoms with Gasteiger partial charge in [-0.15, -0.1) is 0 Å². The first-order valence-electron chi connectivity index (χ1n) is 7.42. The van der Waals surface area contributed by atoms with Crippen LogP contribution in [0.4, 0.5) is 4.79 Å². The second kappa shape index (κ2) is 7.66. The van der Waals surface area contributed by atoms with Gasteiger partial charge in [0.05, 0.1) is 6.33 Å². The number of carbonyl (C=O) groups excluding carboxylic acids is 1. The zero-order chi connectivity index (χ0) is 15.1. The zero-order valence-corrected chi connectivity index (χ0v) is 12.0. The van der Waals surface area contributed by atoms with E-state index in [1.165, 1.54) is 44.6 Å². The number of hydrogen-bond donors (Lipinski definition) is 3. The van der Waals surface area contributed by atoms with Crippen molar-refractivity contribution >= 4 is 12.0 Å². The topological polar surface area (TPSA) is 96.2 Å². The first kappa shape index (κ1) is 15.3. The van der Waals surface area contributed by atoms with Gasteiger partial charge in [-0.25, -0.2) is 14.6 Å². The van der Waals surface area contributed by atoms with E-state index in [1.54, 1.807) is 4.57 Å². The number of rotatable bonds is 6. The highest BCUT2D eigenvalue weighted by atomic mass is 16.4. The number of urea groups is 1. The van der Waals surface area contributed by atoms with Gasteiger partial charge in [0.15, 0.2) is 5.69 Å². The molecule has 7 heteroatoms. The molecule has 0 aliphatic heterocycles. The van der Waals surface area contributed by atoms with Crippen LogP contribution >= 0.6 is 0 Å². The van der Waals surface area contributed by atoms with E-state index in [2.05, 4.69) is 15.6 Å². The molecule has 0 bridgehead atoms. The van der Waals surface area contributed by atoms with Gasteiger partial charge in [0.1, 0.15) is 0 Å². The van der Waals surface area contributed by atoms with Gasteiger partial charge in [-0.3, -0.25) is 0 Å². The highest BCUT2D eigenvalue weighted by molar-refractivity contribution is 5.84. The Morgan fingerprint density at radius 1 is 1.29 bits per heavy atom. The SMILES string of the molecule is O=C(NCCn1cnc(C(=O)O)c1)NCC1CCCCC1. The third kappa shape index (κ3) is 5.09. The van der Waals surface area contributed by atoms with E-state index in [4.69, 9.17) is 5.11 Å². The fourth-order valence-corrected chi connectivity index (χ4v) is 2.58. The number of hydrogen-bond acceptors (Lipinski definition) is 3. The third-order valence-corrected chi connectivity index (χ3v) is 3.78. The summed E-state index contributed by atoms with van der Waals surface area (Å²) in [5.74, 6) is -0.441. The number of imidazole rings is 1. The van der Waals surface area contributed by atoms with Crippen molar-refractivity contribution in [2.45, 2.75) is 38.6 Å². The van der Waals surface area contributed by atoms with Crippen LogP contribution in [-0.4, -0.2) is 39.7 Å². The average Bonchev–Trinajstić information content (AvgIpc) is 2.95. The maximum atomic E-state index is 11.6. The summed E-state index contributed by atoms with van der Waals surface area (Å²) >= 11 is 0. The molecule has 0 unspecified atom stereocenters. The van der Waals surface area contributed by atoms with E-state index >= 15 is 0 Å². The average molecular weight is 294 g/mol. The number of carboxylic acid groups (broad SMARTS) is 1. The van der Waals surface area contributed by atoms with E-state index in [9.17, 15) is 9.59 Å². The predicted octanol–water partition coefficient (Wildman–Crippen LogP) is 1.46. The van der Waals surface area contributed by atoms with Crippen LogP contribution in [0.5, 0.6) is 0 Å². The van der Waals surface area contributed by atoms with Gasteiger partial charge in [-0.1, -0.05) is 19.3 Å². The number of amides is 2. The fraction of sp³-hybridized carbons (Fsp3) is 0.643. The molecule has 1 heterocycles. The highest BCUT2D eigenvalue weighted by Gasteiger charge is 2.14. The number of nitrogens with zero attached hydrogens (tertiary/aromatic N) is 2. The van der Waals surface area contributed by atoms with Crippen LogP contribution in [0.3, 0.4) is 0 Å². The Morgan fingerprint density at radius 2 is 2.05 bits per heavy atom.